The molecule has 0 radical (unpaired) electrons. The van der Waals surface area contributed by atoms with E-state index in [2.05, 4.69) is 168 Å². The van der Waals surface area contributed by atoms with Crippen molar-refractivity contribution in [2.24, 2.45) is 9.98 Å². The fourth-order valence-corrected chi connectivity index (χ4v) is 9.23. The Hall–Kier alpha value is -6.82. The van der Waals surface area contributed by atoms with Crippen LogP contribution in [0.4, 0.5) is 0 Å². The van der Waals surface area contributed by atoms with Crippen LogP contribution in [0.1, 0.15) is 22.9 Å². The van der Waals surface area contributed by atoms with E-state index >= 15 is 0 Å². The first-order chi connectivity index (χ1) is 26.8. The lowest BCUT2D eigenvalue weighted by Gasteiger charge is -2.24. The molecule has 1 unspecified atom stereocenters. The van der Waals surface area contributed by atoms with Crippen LogP contribution in [0.5, 0.6) is 0 Å². The molecule has 0 saturated carbocycles. The molecule has 3 heterocycles. The van der Waals surface area contributed by atoms with Gasteiger partial charge in [-0.3, -0.25) is 0 Å². The zero-order valence-corrected chi connectivity index (χ0v) is 30.0. The first-order valence-electron chi connectivity index (χ1n) is 18.3. The SMILES string of the molecule is c1ccc(C2=NC(c3cccc(-n4c5ccccc5c5cc6ccccc6c(-c6ccc7sc8ccccc8c7c6)c54)c3)=NC(c3ccccc3)N2)cc1. The highest BCUT2D eigenvalue weighted by molar-refractivity contribution is 7.25. The number of aromatic nitrogens is 1. The van der Waals surface area contributed by atoms with Crippen molar-refractivity contribution in [1.29, 1.82) is 0 Å². The van der Waals surface area contributed by atoms with E-state index in [1.807, 2.05) is 35.6 Å². The van der Waals surface area contributed by atoms with Gasteiger partial charge in [-0.05, 0) is 64.4 Å². The number of benzene rings is 8. The molecule has 1 aliphatic heterocycles. The van der Waals surface area contributed by atoms with Crippen molar-refractivity contribution in [1.82, 2.24) is 9.88 Å². The van der Waals surface area contributed by atoms with E-state index in [0.29, 0.717) is 5.84 Å². The maximum absolute atomic E-state index is 5.21. The number of aliphatic imine (C=N–C) groups is 2. The zero-order valence-electron chi connectivity index (χ0n) is 29.1. The predicted octanol–water partition coefficient (Wildman–Crippen LogP) is 12.5. The largest absolute Gasteiger partial charge is 0.344 e. The average Bonchev–Trinajstić information content (AvgIpc) is 3.78. The van der Waals surface area contributed by atoms with Gasteiger partial charge in [0.2, 0.25) is 0 Å². The third-order valence-corrected chi connectivity index (χ3v) is 11.8. The molecule has 5 heteroatoms. The number of hydrogen-bond acceptors (Lipinski definition) is 4. The highest BCUT2D eigenvalue weighted by Crippen LogP contribution is 2.44. The first-order valence-corrected chi connectivity index (χ1v) is 19.1. The van der Waals surface area contributed by atoms with Crippen LogP contribution in [0.3, 0.4) is 0 Å². The standard InChI is InChI=1S/C49H32N4S/c1-3-14-31(15-4-1)47-50-48(32-16-5-2-6-17-32)52-49(51-47)35-19-13-20-36(28-35)53-42-24-11-9-22-38(42)41-29-33-18-7-8-21-37(33)45(46(41)53)34-26-27-44-40(30-34)39-23-10-12-25-43(39)54-44/h1-30,47H,(H,50,51,52). The number of amidine groups is 2. The predicted molar refractivity (Wildman–Crippen MR) is 228 cm³/mol. The summed E-state index contributed by atoms with van der Waals surface area (Å²) in [5.41, 5.74) is 8.92. The van der Waals surface area contributed by atoms with E-state index in [1.165, 1.54) is 58.4 Å². The number of nitrogens with zero attached hydrogens (tertiary/aromatic N) is 3. The van der Waals surface area contributed by atoms with Gasteiger partial charge in [-0.25, -0.2) is 9.98 Å². The van der Waals surface area contributed by atoms with Gasteiger partial charge >= 0.3 is 0 Å². The number of rotatable bonds is 5. The van der Waals surface area contributed by atoms with Gasteiger partial charge in [0.05, 0.1) is 11.0 Å². The Morgan fingerprint density at radius 3 is 2.07 bits per heavy atom. The number of hydrogen-bond donors (Lipinski definition) is 1. The molecule has 0 spiro atoms. The molecule has 1 N–H and O–H groups in total. The highest BCUT2D eigenvalue weighted by Gasteiger charge is 2.23. The molecule has 0 aliphatic carbocycles. The highest BCUT2D eigenvalue weighted by atomic mass is 32.1. The minimum Gasteiger partial charge on any atom is -0.344 e. The summed E-state index contributed by atoms with van der Waals surface area (Å²) in [6.45, 7) is 0. The second-order valence-corrected chi connectivity index (χ2v) is 14.9. The molecule has 8 aromatic carbocycles. The summed E-state index contributed by atoms with van der Waals surface area (Å²) in [5, 5.41) is 11.1. The van der Waals surface area contributed by atoms with Crippen molar-refractivity contribution in [2.75, 3.05) is 0 Å². The molecule has 2 aromatic heterocycles. The maximum atomic E-state index is 5.21. The van der Waals surface area contributed by atoms with Gasteiger partial charge in [0.1, 0.15) is 12.0 Å². The van der Waals surface area contributed by atoms with Crippen LogP contribution in [0.2, 0.25) is 0 Å². The van der Waals surface area contributed by atoms with Crippen molar-refractivity contribution in [3.05, 3.63) is 199 Å². The third-order valence-electron chi connectivity index (χ3n) is 10.6. The minimum atomic E-state index is -0.271. The molecule has 0 fully saturated rings. The molecule has 1 atom stereocenters. The monoisotopic (exact) mass is 708 g/mol. The van der Waals surface area contributed by atoms with Crippen LogP contribution < -0.4 is 5.32 Å². The molecule has 4 nitrogen and oxygen atoms in total. The lowest BCUT2D eigenvalue weighted by Crippen LogP contribution is -2.33. The molecule has 0 bridgehead atoms. The second-order valence-electron chi connectivity index (χ2n) is 13.8. The molecular weight excluding hydrogens is 677 g/mol. The zero-order chi connectivity index (χ0) is 35.6. The van der Waals surface area contributed by atoms with Gasteiger partial charge in [-0.15, -0.1) is 11.3 Å². The quantitative estimate of drug-likeness (QED) is 0.190. The molecule has 54 heavy (non-hydrogen) atoms. The molecule has 0 amide bonds. The summed E-state index contributed by atoms with van der Waals surface area (Å²) >= 11 is 1.86. The van der Waals surface area contributed by atoms with Gasteiger partial charge in [0.25, 0.3) is 0 Å². The van der Waals surface area contributed by atoms with Crippen LogP contribution >= 0.6 is 11.3 Å². The van der Waals surface area contributed by atoms with Crippen molar-refractivity contribution in [2.45, 2.75) is 6.17 Å². The van der Waals surface area contributed by atoms with E-state index in [9.17, 15) is 0 Å². The number of fused-ring (bicyclic) bond motifs is 7. The van der Waals surface area contributed by atoms with Gasteiger partial charge in [-0.2, -0.15) is 0 Å². The van der Waals surface area contributed by atoms with E-state index in [-0.39, 0.29) is 6.17 Å². The van der Waals surface area contributed by atoms with Gasteiger partial charge in [-0.1, -0.05) is 140 Å². The fourth-order valence-electron chi connectivity index (χ4n) is 8.14. The summed E-state index contributed by atoms with van der Waals surface area (Å²) in [4.78, 5) is 10.4. The van der Waals surface area contributed by atoms with Crippen LogP contribution in [-0.4, -0.2) is 16.2 Å². The Labute approximate surface area is 316 Å². The Balaban J connectivity index is 1.17. The summed E-state index contributed by atoms with van der Waals surface area (Å²) in [6, 6.07) is 65.1. The normalized spacial score (nSPS) is 14.5. The minimum absolute atomic E-state index is 0.271. The first kappa shape index (κ1) is 30.8. The van der Waals surface area contributed by atoms with Gasteiger partial charge in [0, 0.05) is 53.3 Å². The lowest BCUT2D eigenvalue weighted by molar-refractivity contribution is 0.674. The molecule has 1 aliphatic rings. The van der Waals surface area contributed by atoms with Crippen LogP contribution in [0.15, 0.2) is 192 Å². The summed E-state index contributed by atoms with van der Waals surface area (Å²) < 4.78 is 5.06. The molecule has 254 valence electrons. The Morgan fingerprint density at radius 1 is 0.500 bits per heavy atom. The Bertz CT molecular complexity index is 3140. The fraction of sp³-hybridized carbons (Fsp3) is 0.0204. The van der Waals surface area contributed by atoms with Crippen LogP contribution in [0, 0.1) is 0 Å². The van der Waals surface area contributed by atoms with E-state index < -0.39 is 0 Å². The molecule has 10 aromatic rings. The van der Waals surface area contributed by atoms with Gasteiger partial charge < -0.3 is 9.88 Å². The lowest BCUT2D eigenvalue weighted by atomic mass is 9.94. The topological polar surface area (TPSA) is 41.7 Å². The van der Waals surface area contributed by atoms with Crippen molar-refractivity contribution >= 4 is 75.8 Å². The molecular formula is C49H32N4S. The van der Waals surface area contributed by atoms with Crippen molar-refractivity contribution < 1.29 is 0 Å². The molecule has 11 rings (SSSR count). The Kier molecular flexibility index (Phi) is 7.07. The summed E-state index contributed by atoms with van der Waals surface area (Å²) in [5.74, 6) is 1.51. The summed E-state index contributed by atoms with van der Waals surface area (Å²) in [6.07, 6.45) is -0.271. The number of para-hydroxylation sites is 1. The smallest absolute Gasteiger partial charge is 0.159 e. The average molecular weight is 709 g/mol. The maximum Gasteiger partial charge on any atom is 0.159 e. The van der Waals surface area contributed by atoms with E-state index in [4.69, 9.17) is 9.98 Å². The van der Waals surface area contributed by atoms with Crippen LogP contribution in [-0.2, 0) is 0 Å². The summed E-state index contributed by atoms with van der Waals surface area (Å²) in [7, 11) is 0. The second kappa shape index (κ2) is 12.4. The van der Waals surface area contributed by atoms with E-state index in [0.717, 1.165) is 33.7 Å². The van der Waals surface area contributed by atoms with Crippen molar-refractivity contribution in [3.63, 3.8) is 0 Å². The van der Waals surface area contributed by atoms with Crippen molar-refractivity contribution in [3.8, 4) is 16.8 Å². The van der Waals surface area contributed by atoms with Gasteiger partial charge in [0.15, 0.2) is 5.84 Å². The molecule has 0 saturated heterocycles. The third kappa shape index (κ3) is 4.97. The Morgan fingerprint density at radius 2 is 1.20 bits per heavy atom. The van der Waals surface area contributed by atoms with Crippen LogP contribution in [0.25, 0.3) is 69.6 Å². The van der Waals surface area contributed by atoms with E-state index in [1.54, 1.807) is 0 Å². The number of nitrogens with one attached hydrogen (secondary N) is 1. The number of thiophene rings is 1.